The maximum absolute atomic E-state index is 13.2. The summed E-state index contributed by atoms with van der Waals surface area (Å²) in [6, 6.07) is 9.02. The first kappa shape index (κ1) is 25.4. The normalized spacial score (nSPS) is 17.4. The van der Waals surface area contributed by atoms with Crippen molar-refractivity contribution in [1.82, 2.24) is 9.80 Å². The second-order valence-corrected chi connectivity index (χ2v) is 8.55. The first-order valence-corrected chi connectivity index (χ1v) is 11.1. The molecule has 0 bridgehead atoms. The van der Waals surface area contributed by atoms with Crippen molar-refractivity contribution < 1.29 is 28.9 Å². The second kappa shape index (κ2) is 10.8. The van der Waals surface area contributed by atoms with Crippen LogP contribution < -0.4 is 14.2 Å². The molecule has 3 rings (SSSR count). The summed E-state index contributed by atoms with van der Waals surface area (Å²) in [4.78, 5) is 29.8. The van der Waals surface area contributed by atoms with Gasteiger partial charge in [-0.25, -0.2) is 0 Å². The molecule has 9 heteroatoms. The van der Waals surface area contributed by atoms with Gasteiger partial charge < -0.3 is 29.1 Å². The van der Waals surface area contributed by atoms with Crippen LogP contribution in [0.1, 0.15) is 23.6 Å². The number of hydrogen-bond acceptors (Lipinski definition) is 7. The van der Waals surface area contributed by atoms with Gasteiger partial charge in [0.05, 0.1) is 32.9 Å². The number of aliphatic hydroxyl groups is 1. The van der Waals surface area contributed by atoms with Crippen molar-refractivity contribution in [1.29, 1.82) is 0 Å². The van der Waals surface area contributed by atoms with Gasteiger partial charge in [-0.05, 0) is 56.9 Å². The van der Waals surface area contributed by atoms with Crippen LogP contribution in [0.25, 0.3) is 5.76 Å². The van der Waals surface area contributed by atoms with Crippen LogP contribution in [0.3, 0.4) is 0 Å². The number of ether oxygens (including phenoxy) is 3. The summed E-state index contributed by atoms with van der Waals surface area (Å²) in [5.41, 5.74) is 0.866. The number of hydrogen-bond donors (Lipinski definition) is 1. The number of carbonyl (C=O) groups excluding carboxylic acids is 2. The molecule has 8 nitrogen and oxygen atoms in total. The molecule has 0 aromatic heterocycles. The van der Waals surface area contributed by atoms with E-state index in [2.05, 4.69) is 0 Å². The van der Waals surface area contributed by atoms with Crippen LogP contribution in [0.15, 0.2) is 42.0 Å². The molecule has 2 aromatic carbocycles. The van der Waals surface area contributed by atoms with E-state index >= 15 is 0 Å². The average molecular weight is 489 g/mol. The molecule has 1 heterocycles. The van der Waals surface area contributed by atoms with Gasteiger partial charge in [-0.2, -0.15) is 0 Å². The first-order valence-electron chi connectivity index (χ1n) is 10.7. The Bertz CT molecular complexity index is 1090. The van der Waals surface area contributed by atoms with Crippen molar-refractivity contribution in [2.45, 2.75) is 12.5 Å². The highest BCUT2D eigenvalue weighted by Crippen LogP contribution is 2.45. The van der Waals surface area contributed by atoms with Gasteiger partial charge in [0.25, 0.3) is 11.7 Å². The van der Waals surface area contributed by atoms with E-state index in [1.807, 2.05) is 19.0 Å². The minimum absolute atomic E-state index is 0.0219. The van der Waals surface area contributed by atoms with E-state index in [1.165, 1.54) is 26.2 Å². The second-order valence-electron chi connectivity index (χ2n) is 8.12. The Balaban J connectivity index is 2.22. The lowest BCUT2D eigenvalue weighted by Crippen LogP contribution is -2.32. The fraction of sp³-hybridized carbons (Fsp3) is 0.360. The third kappa shape index (κ3) is 4.98. The van der Waals surface area contributed by atoms with Gasteiger partial charge >= 0.3 is 0 Å². The van der Waals surface area contributed by atoms with Crippen LogP contribution in [-0.4, -0.2) is 75.1 Å². The van der Waals surface area contributed by atoms with Crippen LogP contribution in [0.2, 0.25) is 5.02 Å². The largest absolute Gasteiger partial charge is 0.507 e. The van der Waals surface area contributed by atoms with Crippen LogP contribution in [0.5, 0.6) is 17.2 Å². The van der Waals surface area contributed by atoms with Crippen molar-refractivity contribution in [3.8, 4) is 17.2 Å². The molecule has 1 aliphatic heterocycles. The predicted octanol–water partition coefficient (Wildman–Crippen LogP) is 3.74. The SMILES string of the molecule is COc1cc(C2/C(=C(\O)c3cccc(Cl)c3)C(=O)C(=O)N2CCCN(C)C)cc(OC)c1OC. The molecule has 1 unspecified atom stereocenters. The van der Waals surface area contributed by atoms with Gasteiger partial charge in [-0.1, -0.05) is 23.7 Å². The minimum atomic E-state index is -0.852. The Morgan fingerprint density at radius 1 is 1.06 bits per heavy atom. The summed E-state index contributed by atoms with van der Waals surface area (Å²) in [7, 11) is 8.34. The van der Waals surface area contributed by atoms with Crippen molar-refractivity contribution >= 4 is 29.1 Å². The number of nitrogens with zero attached hydrogens (tertiary/aromatic N) is 2. The van der Waals surface area contributed by atoms with Crippen LogP contribution in [-0.2, 0) is 9.59 Å². The number of methoxy groups -OCH3 is 3. The maximum atomic E-state index is 13.2. The summed E-state index contributed by atoms with van der Waals surface area (Å²) < 4.78 is 16.4. The number of rotatable bonds is 9. The lowest BCUT2D eigenvalue weighted by atomic mass is 9.94. The maximum Gasteiger partial charge on any atom is 0.295 e. The lowest BCUT2D eigenvalue weighted by Gasteiger charge is -2.27. The van der Waals surface area contributed by atoms with Gasteiger partial charge in [0, 0.05) is 17.1 Å². The van der Waals surface area contributed by atoms with Gasteiger partial charge in [0.1, 0.15) is 5.76 Å². The number of ketones is 1. The summed E-state index contributed by atoms with van der Waals surface area (Å²) in [6.07, 6.45) is 0.637. The quantitative estimate of drug-likeness (QED) is 0.327. The summed E-state index contributed by atoms with van der Waals surface area (Å²) in [6.45, 7) is 1.04. The molecule has 34 heavy (non-hydrogen) atoms. The molecule has 1 fully saturated rings. The molecular formula is C25H29ClN2O6. The number of carbonyl (C=O) groups is 2. The average Bonchev–Trinajstić information content (AvgIpc) is 3.07. The Morgan fingerprint density at radius 3 is 2.24 bits per heavy atom. The van der Waals surface area contributed by atoms with Crippen LogP contribution in [0.4, 0.5) is 0 Å². The third-order valence-electron chi connectivity index (χ3n) is 5.65. The van der Waals surface area contributed by atoms with E-state index in [4.69, 9.17) is 25.8 Å². The molecule has 1 amide bonds. The molecule has 2 aromatic rings. The fourth-order valence-electron chi connectivity index (χ4n) is 4.06. The number of halogens is 1. The fourth-order valence-corrected chi connectivity index (χ4v) is 4.26. The van der Waals surface area contributed by atoms with Crippen LogP contribution >= 0.6 is 11.6 Å². The number of aliphatic hydroxyl groups excluding tert-OH is 1. The molecule has 1 aliphatic rings. The van der Waals surface area contributed by atoms with E-state index < -0.39 is 17.7 Å². The zero-order valence-electron chi connectivity index (χ0n) is 19.9. The summed E-state index contributed by atoms with van der Waals surface area (Å²) >= 11 is 6.11. The number of Topliss-reactive ketones (excluding diaryl/α,β-unsaturated/α-hetero) is 1. The van der Waals surface area contributed by atoms with Crippen molar-refractivity contribution in [2.24, 2.45) is 0 Å². The molecular weight excluding hydrogens is 460 g/mol. The predicted molar refractivity (Wildman–Crippen MR) is 130 cm³/mol. The van der Waals surface area contributed by atoms with Gasteiger partial charge in [0.15, 0.2) is 11.5 Å². The van der Waals surface area contributed by atoms with Gasteiger partial charge in [-0.15, -0.1) is 0 Å². The van der Waals surface area contributed by atoms with Crippen molar-refractivity contribution in [3.05, 3.63) is 58.1 Å². The molecule has 0 aliphatic carbocycles. The third-order valence-corrected chi connectivity index (χ3v) is 5.88. The Kier molecular flexibility index (Phi) is 8.06. The standard InChI is InChI=1S/C25H29ClN2O6/c1-27(2)10-7-11-28-21(16-13-18(32-3)24(34-5)19(14-16)33-4)20(23(30)25(28)31)22(29)15-8-6-9-17(26)12-15/h6,8-9,12-14,21,29H,7,10-11H2,1-5H3/b22-20+. The highest BCUT2D eigenvalue weighted by molar-refractivity contribution is 6.46. The molecule has 0 radical (unpaired) electrons. The number of likely N-dealkylation sites (tertiary alicyclic amines) is 1. The highest BCUT2D eigenvalue weighted by atomic mass is 35.5. The zero-order valence-corrected chi connectivity index (χ0v) is 20.7. The molecule has 1 N–H and O–H groups in total. The van der Waals surface area contributed by atoms with Crippen LogP contribution in [0, 0.1) is 0 Å². The zero-order chi connectivity index (χ0) is 25.0. The van der Waals surface area contributed by atoms with Gasteiger partial charge in [-0.3, -0.25) is 9.59 Å². The van der Waals surface area contributed by atoms with E-state index in [0.29, 0.717) is 46.4 Å². The number of benzene rings is 2. The van der Waals surface area contributed by atoms with Crippen molar-refractivity contribution in [2.75, 3.05) is 48.5 Å². The highest BCUT2D eigenvalue weighted by Gasteiger charge is 2.46. The summed E-state index contributed by atoms with van der Waals surface area (Å²) in [5.74, 6) is -0.609. The molecule has 0 spiro atoms. The van der Waals surface area contributed by atoms with E-state index in [9.17, 15) is 14.7 Å². The van der Waals surface area contributed by atoms with E-state index in [-0.39, 0.29) is 11.3 Å². The molecule has 1 saturated heterocycles. The smallest absolute Gasteiger partial charge is 0.295 e. The Hall–Kier alpha value is -3.23. The minimum Gasteiger partial charge on any atom is -0.507 e. The number of amides is 1. The lowest BCUT2D eigenvalue weighted by molar-refractivity contribution is -0.139. The first-order chi connectivity index (χ1) is 16.2. The topological polar surface area (TPSA) is 88.5 Å². The Morgan fingerprint density at radius 2 is 1.71 bits per heavy atom. The molecule has 182 valence electrons. The van der Waals surface area contributed by atoms with E-state index in [1.54, 1.807) is 36.4 Å². The Labute approximate surface area is 204 Å². The van der Waals surface area contributed by atoms with Crippen molar-refractivity contribution in [3.63, 3.8) is 0 Å². The monoisotopic (exact) mass is 488 g/mol. The van der Waals surface area contributed by atoms with Gasteiger partial charge in [0.2, 0.25) is 5.75 Å². The molecule has 0 saturated carbocycles. The molecule has 1 atom stereocenters. The van der Waals surface area contributed by atoms with E-state index in [0.717, 1.165) is 6.54 Å². The summed E-state index contributed by atoms with van der Waals surface area (Å²) in [5, 5.41) is 11.6.